The average molecular weight is 279 g/mol. The van der Waals surface area contributed by atoms with Gasteiger partial charge in [-0.1, -0.05) is 0 Å². The second kappa shape index (κ2) is 5.72. The fraction of sp³-hybridized carbons (Fsp3) is 0.500. The number of hydrogen-bond acceptors (Lipinski definition) is 4. The Morgan fingerprint density at radius 2 is 2.25 bits per heavy atom. The average Bonchev–Trinajstić information content (AvgIpc) is 2.88. The van der Waals surface area contributed by atoms with E-state index in [1.165, 1.54) is 9.80 Å². The van der Waals surface area contributed by atoms with E-state index in [0.717, 1.165) is 5.69 Å². The molecule has 1 aliphatic heterocycles. The molecule has 2 rings (SSSR count). The second-order valence-electron chi connectivity index (χ2n) is 4.77. The van der Waals surface area contributed by atoms with E-state index < -0.39 is 0 Å². The summed E-state index contributed by atoms with van der Waals surface area (Å²) in [4.78, 5) is 37.3. The van der Waals surface area contributed by atoms with E-state index in [1.807, 2.05) is 6.92 Å². The molecule has 8 nitrogen and oxygen atoms in total. The van der Waals surface area contributed by atoms with Crippen LogP contribution in [-0.4, -0.2) is 58.0 Å². The van der Waals surface area contributed by atoms with E-state index in [-0.39, 0.29) is 37.4 Å². The lowest BCUT2D eigenvalue weighted by Crippen LogP contribution is -2.32. The van der Waals surface area contributed by atoms with Gasteiger partial charge in [0.1, 0.15) is 6.54 Å². The monoisotopic (exact) mass is 279 g/mol. The van der Waals surface area contributed by atoms with Crippen LogP contribution in [-0.2, 0) is 9.59 Å². The number of aromatic nitrogens is 2. The van der Waals surface area contributed by atoms with Gasteiger partial charge >= 0.3 is 6.03 Å². The number of imide groups is 1. The minimum atomic E-state index is -0.307. The number of aryl methyl sites for hydroxylation is 1. The Morgan fingerprint density at radius 3 is 2.80 bits per heavy atom. The summed E-state index contributed by atoms with van der Waals surface area (Å²) in [7, 11) is 1.58. The van der Waals surface area contributed by atoms with Gasteiger partial charge in [-0.15, -0.1) is 0 Å². The van der Waals surface area contributed by atoms with Crippen LogP contribution >= 0.6 is 0 Å². The molecule has 1 aromatic heterocycles. The van der Waals surface area contributed by atoms with Crippen molar-refractivity contribution in [1.29, 1.82) is 0 Å². The first-order valence-electron chi connectivity index (χ1n) is 6.34. The molecule has 0 aliphatic carbocycles. The normalized spacial score (nSPS) is 15.1. The van der Waals surface area contributed by atoms with Crippen molar-refractivity contribution in [3.8, 4) is 0 Å². The van der Waals surface area contributed by atoms with Crippen molar-refractivity contribution in [3.05, 3.63) is 11.8 Å². The van der Waals surface area contributed by atoms with Gasteiger partial charge in [0.05, 0.1) is 0 Å². The minimum absolute atomic E-state index is 0.109. The van der Waals surface area contributed by atoms with Crippen LogP contribution in [0.2, 0.25) is 0 Å². The number of urea groups is 1. The zero-order valence-corrected chi connectivity index (χ0v) is 11.5. The Bertz CT molecular complexity index is 539. The van der Waals surface area contributed by atoms with E-state index in [9.17, 15) is 14.4 Å². The predicted molar refractivity (Wildman–Crippen MR) is 70.9 cm³/mol. The molecule has 1 fully saturated rings. The van der Waals surface area contributed by atoms with Gasteiger partial charge in [-0.25, -0.2) is 4.79 Å². The Hall–Kier alpha value is -2.38. The van der Waals surface area contributed by atoms with Crippen LogP contribution in [0.4, 0.5) is 10.6 Å². The summed E-state index contributed by atoms with van der Waals surface area (Å²) in [6.07, 6.45) is 0.660. The Morgan fingerprint density at radius 1 is 1.50 bits per heavy atom. The smallest absolute Gasteiger partial charge is 0.318 e. The van der Waals surface area contributed by atoms with Crippen molar-refractivity contribution < 1.29 is 14.4 Å². The lowest BCUT2D eigenvalue weighted by atomic mass is 10.3. The van der Waals surface area contributed by atoms with E-state index >= 15 is 0 Å². The maximum Gasteiger partial charge on any atom is 0.326 e. The number of amides is 4. The number of likely N-dealkylation sites (N-methyl/N-ethyl adjacent to an activating group) is 1. The van der Waals surface area contributed by atoms with Crippen molar-refractivity contribution in [2.24, 2.45) is 0 Å². The fourth-order valence-corrected chi connectivity index (χ4v) is 1.97. The summed E-state index contributed by atoms with van der Waals surface area (Å²) in [6, 6.07) is 1.42. The number of aromatic amines is 1. The van der Waals surface area contributed by atoms with Crippen molar-refractivity contribution >= 4 is 23.7 Å². The predicted octanol–water partition coefficient (Wildman–Crippen LogP) is 0.331. The van der Waals surface area contributed by atoms with E-state index in [1.54, 1.807) is 13.1 Å². The van der Waals surface area contributed by atoms with Crippen molar-refractivity contribution in [2.75, 3.05) is 25.5 Å². The molecule has 2 heterocycles. The molecular formula is C12H17N5O3. The van der Waals surface area contributed by atoms with Gasteiger partial charge in [0.15, 0.2) is 5.82 Å². The van der Waals surface area contributed by atoms with Gasteiger partial charge in [0.2, 0.25) is 11.8 Å². The summed E-state index contributed by atoms with van der Waals surface area (Å²) in [6.45, 7) is 2.20. The van der Waals surface area contributed by atoms with Gasteiger partial charge < -0.3 is 10.2 Å². The summed E-state index contributed by atoms with van der Waals surface area (Å²) >= 11 is 0. The maximum atomic E-state index is 11.7. The molecule has 0 bridgehead atoms. The lowest BCUT2D eigenvalue weighted by Gasteiger charge is -2.13. The highest BCUT2D eigenvalue weighted by Gasteiger charge is 2.32. The third-order valence-corrected chi connectivity index (χ3v) is 2.99. The lowest BCUT2D eigenvalue weighted by molar-refractivity contribution is -0.125. The summed E-state index contributed by atoms with van der Waals surface area (Å²) in [5.41, 5.74) is 0.858. The van der Waals surface area contributed by atoms with Crippen LogP contribution < -0.4 is 5.32 Å². The number of H-pyrrole nitrogens is 1. The van der Waals surface area contributed by atoms with Crippen LogP contribution in [0, 0.1) is 6.92 Å². The van der Waals surface area contributed by atoms with E-state index in [0.29, 0.717) is 12.2 Å². The Labute approximate surface area is 116 Å². The second-order valence-corrected chi connectivity index (χ2v) is 4.77. The number of carbonyl (C=O) groups excluding carboxylic acids is 3. The number of carbonyl (C=O) groups is 3. The first-order valence-corrected chi connectivity index (χ1v) is 6.34. The quantitative estimate of drug-likeness (QED) is 0.759. The molecule has 108 valence electrons. The van der Waals surface area contributed by atoms with Gasteiger partial charge in [0, 0.05) is 31.8 Å². The topological polar surface area (TPSA) is 98.4 Å². The van der Waals surface area contributed by atoms with Gasteiger partial charge in [-0.3, -0.25) is 19.6 Å². The summed E-state index contributed by atoms with van der Waals surface area (Å²) in [5, 5.41) is 9.26. The van der Waals surface area contributed by atoms with Crippen molar-refractivity contribution in [1.82, 2.24) is 20.0 Å². The number of hydrogen-bond donors (Lipinski definition) is 2. The first kappa shape index (κ1) is 14.0. The molecule has 1 saturated heterocycles. The van der Waals surface area contributed by atoms with Gasteiger partial charge in [0.25, 0.3) is 0 Å². The summed E-state index contributed by atoms with van der Waals surface area (Å²) in [5.74, 6) is 0.0605. The molecule has 0 aromatic carbocycles. The van der Waals surface area contributed by atoms with Gasteiger partial charge in [-0.05, 0) is 13.3 Å². The first-order chi connectivity index (χ1) is 9.47. The molecule has 0 atom stereocenters. The highest BCUT2D eigenvalue weighted by Crippen LogP contribution is 2.10. The van der Waals surface area contributed by atoms with Crippen LogP contribution in [0.1, 0.15) is 18.5 Å². The number of rotatable bonds is 5. The SMILES string of the molecule is Cc1cc(NC(=O)CCCN2C(=O)CN(C)C2=O)n[nH]1. The number of anilines is 1. The number of nitrogens with zero attached hydrogens (tertiary/aromatic N) is 3. The largest absolute Gasteiger partial charge is 0.326 e. The zero-order chi connectivity index (χ0) is 14.7. The third kappa shape index (κ3) is 3.14. The van der Waals surface area contributed by atoms with E-state index in [2.05, 4.69) is 15.5 Å². The zero-order valence-electron chi connectivity index (χ0n) is 11.5. The molecule has 0 unspecified atom stereocenters. The van der Waals surface area contributed by atoms with Crippen LogP contribution in [0.5, 0.6) is 0 Å². The van der Waals surface area contributed by atoms with Crippen molar-refractivity contribution in [2.45, 2.75) is 19.8 Å². The van der Waals surface area contributed by atoms with Gasteiger partial charge in [-0.2, -0.15) is 5.10 Å². The fourth-order valence-electron chi connectivity index (χ4n) is 1.97. The van der Waals surface area contributed by atoms with E-state index in [4.69, 9.17) is 0 Å². The highest BCUT2D eigenvalue weighted by molar-refractivity contribution is 6.01. The standard InChI is InChI=1S/C12H17N5O3/c1-8-6-9(15-14-8)13-10(18)4-3-5-17-11(19)7-16(2)12(17)20/h6H,3-5,7H2,1-2H3,(H2,13,14,15,18). The molecule has 0 radical (unpaired) electrons. The van der Waals surface area contributed by atoms with Crippen LogP contribution in [0.3, 0.4) is 0 Å². The molecule has 20 heavy (non-hydrogen) atoms. The Balaban J connectivity index is 1.74. The minimum Gasteiger partial charge on any atom is -0.318 e. The summed E-state index contributed by atoms with van der Waals surface area (Å²) < 4.78 is 0. The molecule has 1 aliphatic rings. The molecule has 2 N–H and O–H groups in total. The Kier molecular flexibility index (Phi) is 4.02. The molecular weight excluding hydrogens is 262 g/mol. The van der Waals surface area contributed by atoms with Crippen LogP contribution in [0.25, 0.3) is 0 Å². The third-order valence-electron chi connectivity index (χ3n) is 2.99. The highest BCUT2D eigenvalue weighted by atomic mass is 16.2. The molecule has 0 saturated carbocycles. The molecule has 8 heteroatoms. The van der Waals surface area contributed by atoms with Crippen molar-refractivity contribution in [3.63, 3.8) is 0 Å². The molecule has 1 aromatic rings. The number of nitrogens with one attached hydrogen (secondary N) is 2. The maximum absolute atomic E-state index is 11.7. The van der Waals surface area contributed by atoms with Crippen LogP contribution in [0.15, 0.2) is 6.07 Å². The molecule has 0 spiro atoms. The molecule has 4 amide bonds.